The van der Waals surface area contributed by atoms with Crippen LogP contribution in [0.2, 0.25) is 0 Å². The van der Waals surface area contributed by atoms with Crippen molar-refractivity contribution in [1.29, 1.82) is 0 Å². The van der Waals surface area contributed by atoms with E-state index >= 15 is 0 Å². The van der Waals surface area contributed by atoms with Gasteiger partial charge in [0.25, 0.3) is 0 Å². The fourth-order valence-electron chi connectivity index (χ4n) is 2.85. The number of nitrogens with one attached hydrogen (secondary N) is 2. The van der Waals surface area contributed by atoms with E-state index in [4.69, 9.17) is 9.73 Å². The molecule has 1 atom stereocenters. The molecule has 1 heterocycles. The van der Waals surface area contributed by atoms with Crippen molar-refractivity contribution in [2.45, 2.75) is 26.2 Å². The minimum atomic E-state index is -0.00344. The fraction of sp³-hybridized carbons (Fsp3) is 0.611. The van der Waals surface area contributed by atoms with Gasteiger partial charge in [-0.3, -0.25) is 4.99 Å². The van der Waals surface area contributed by atoms with Gasteiger partial charge in [-0.2, -0.15) is 0 Å². The molecule has 0 aliphatic carbocycles. The Kier molecular flexibility index (Phi) is 10.3. The second-order valence-electron chi connectivity index (χ2n) is 6.13. The van der Waals surface area contributed by atoms with Crippen LogP contribution in [0.5, 0.6) is 0 Å². The van der Waals surface area contributed by atoms with Crippen LogP contribution in [-0.2, 0) is 11.2 Å². The van der Waals surface area contributed by atoms with Gasteiger partial charge in [0.15, 0.2) is 5.96 Å². The van der Waals surface area contributed by atoms with Crippen LogP contribution in [-0.4, -0.2) is 50.5 Å². The van der Waals surface area contributed by atoms with Gasteiger partial charge in [0, 0.05) is 31.7 Å². The Balaban J connectivity index is 0.00000288. The maximum Gasteiger partial charge on any atom is 0.191 e. The van der Waals surface area contributed by atoms with Crippen LogP contribution in [0.4, 0.5) is 0 Å². The number of aliphatic imine (C=N–C) groups is 1. The molecule has 0 spiro atoms. The van der Waals surface area contributed by atoms with E-state index in [-0.39, 0.29) is 36.0 Å². The molecule has 5 nitrogen and oxygen atoms in total. The van der Waals surface area contributed by atoms with Crippen LogP contribution < -0.4 is 10.6 Å². The van der Waals surface area contributed by atoms with Crippen molar-refractivity contribution in [1.82, 2.24) is 10.6 Å². The smallest absolute Gasteiger partial charge is 0.191 e. The van der Waals surface area contributed by atoms with Gasteiger partial charge >= 0.3 is 0 Å². The average molecular weight is 447 g/mol. The van der Waals surface area contributed by atoms with E-state index in [1.54, 1.807) is 0 Å². The summed E-state index contributed by atoms with van der Waals surface area (Å²) in [7, 11) is 0. The van der Waals surface area contributed by atoms with Crippen molar-refractivity contribution in [3.05, 3.63) is 35.9 Å². The molecular formula is C18H30IN3O2. The quantitative estimate of drug-likeness (QED) is 0.325. The maximum absolute atomic E-state index is 9.29. The topological polar surface area (TPSA) is 65.9 Å². The van der Waals surface area contributed by atoms with Crippen LogP contribution in [0, 0.1) is 5.41 Å². The number of aliphatic hydroxyl groups excluding tert-OH is 1. The molecule has 6 heteroatoms. The zero-order valence-electron chi connectivity index (χ0n) is 14.5. The zero-order chi connectivity index (χ0) is 16.4. The highest BCUT2D eigenvalue weighted by Crippen LogP contribution is 2.32. The van der Waals surface area contributed by atoms with Crippen LogP contribution in [0.25, 0.3) is 0 Å². The molecule has 0 aromatic heterocycles. The van der Waals surface area contributed by atoms with E-state index in [1.165, 1.54) is 5.56 Å². The van der Waals surface area contributed by atoms with E-state index in [1.807, 2.05) is 6.07 Å². The molecule has 1 aliphatic rings. The first kappa shape index (κ1) is 21.2. The summed E-state index contributed by atoms with van der Waals surface area (Å²) in [6.07, 6.45) is 2.69. The molecule has 2 rings (SSSR count). The molecule has 3 N–H and O–H groups in total. The highest BCUT2D eigenvalue weighted by molar-refractivity contribution is 14.0. The lowest BCUT2D eigenvalue weighted by molar-refractivity contribution is 0.131. The first-order valence-corrected chi connectivity index (χ1v) is 8.53. The third kappa shape index (κ3) is 6.94. The molecule has 0 radical (unpaired) electrons. The summed E-state index contributed by atoms with van der Waals surface area (Å²) in [5.41, 5.74) is 1.31. The molecule has 1 saturated heterocycles. The third-order valence-electron chi connectivity index (χ3n) is 4.29. The van der Waals surface area contributed by atoms with Gasteiger partial charge in [-0.15, -0.1) is 24.0 Å². The van der Waals surface area contributed by atoms with Crippen molar-refractivity contribution in [2.75, 3.05) is 39.5 Å². The lowest BCUT2D eigenvalue weighted by atomic mass is 9.84. The van der Waals surface area contributed by atoms with Crippen molar-refractivity contribution in [2.24, 2.45) is 10.4 Å². The Morgan fingerprint density at radius 1 is 1.29 bits per heavy atom. The Hall–Kier alpha value is -0.860. The number of rotatable bonds is 8. The summed E-state index contributed by atoms with van der Waals surface area (Å²) < 4.78 is 5.52. The summed E-state index contributed by atoms with van der Waals surface area (Å²) in [5.74, 6) is 0.840. The lowest BCUT2D eigenvalue weighted by Gasteiger charge is -2.24. The molecule has 1 aromatic carbocycles. The van der Waals surface area contributed by atoms with Crippen LogP contribution in [0.3, 0.4) is 0 Å². The second kappa shape index (κ2) is 11.7. The number of benzene rings is 1. The predicted octanol–water partition coefficient (Wildman–Crippen LogP) is 2.19. The van der Waals surface area contributed by atoms with E-state index in [0.29, 0.717) is 13.2 Å². The molecule has 0 saturated carbocycles. The highest BCUT2D eigenvalue weighted by Gasteiger charge is 2.34. The van der Waals surface area contributed by atoms with Gasteiger partial charge in [0.2, 0.25) is 0 Å². The number of halogens is 1. The number of ether oxygens (including phenoxy) is 1. The first-order chi connectivity index (χ1) is 11.3. The van der Waals surface area contributed by atoms with Crippen LogP contribution >= 0.6 is 24.0 Å². The molecule has 0 bridgehead atoms. The fourth-order valence-corrected chi connectivity index (χ4v) is 2.85. The van der Waals surface area contributed by atoms with Crippen LogP contribution in [0.1, 0.15) is 25.3 Å². The Labute approximate surface area is 162 Å². The van der Waals surface area contributed by atoms with Gasteiger partial charge in [-0.1, -0.05) is 30.3 Å². The van der Waals surface area contributed by atoms with E-state index in [9.17, 15) is 5.11 Å². The molecule has 1 aromatic rings. The molecule has 1 unspecified atom stereocenters. The third-order valence-corrected chi connectivity index (χ3v) is 4.29. The summed E-state index contributed by atoms with van der Waals surface area (Å²) in [6.45, 7) is 6.09. The monoisotopic (exact) mass is 447 g/mol. The predicted molar refractivity (Wildman–Crippen MR) is 109 cm³/mol. The number of hydrogen-bond acceptors (Lipinski definition) is 3. The van der Waals surface area contributed by atoms with Crippen molar-refractivity contribution in [3.8, 4) is 0 Å². The molecule has 136 valence electrons. The standard InChI is InChI=1S/C18H29N3O2.HI/c1-2-19-17(20-11-8-16-6-4-3-5-7-16)21-14-18(9-12-22)10-13-23-15-18;/h3-7,22H,2,8-15H2,1H3,(H2,19,20,21);1H. The number of hydrogen-bond donors (Lipinski definition) is 3. The minimum Gasteiger partial charge on any atom is -0.396 e. The summed E-state index contributed by atoms with van der Waals surface area (Å²) in [6, 6.07) is 10.4. The Bertz CT molecular complexity index is 476. The molecule has 0 amide bonds. The second-order valence-corrected chi connectivity index (χ2v) is 6.13. The summed E-state index contributed by atoms with van der Waals surface area (Å²) in [4.78, 5) is 4.72. The Morgan fingerprint density at radius 2 is 2.08 bits per heavy atom. The van der Waals surface area contributed by atoms with Crippen LogP contribution in [0.15, 0.2) is 35.3 Å². The average Bonchev–Trinajstić information content (AvgIpc) is 3.03. The highest BCUT2D eigenvalue weighted by atomic mass is 127. The van der Waals surface area contributed by atoms with E-state index in [0.717, 1.165) is 44.9 Å². The summed E-state index contributed by atoms with van der Waals surface area (Å²) in [5, 5.41) is 16.0. The number of nitrogens with zero attached hydrogens (tertiary/aromatic N) is 1. The minimum absolute atomic E-state index is 0. The SMILES string of the molecule is CCNC(=NCC1(CCO)CCOC1)NCCc1ccccc1.I. The molecule has 24 heavy (non-hydrogen) atoms. The number of guanidine groups is 1. The Morgan fingerprint density at radius 3 is 2.71 bits per heavy atom. The van der Waals surface area contributed by atoms with E-state index in [2.05, 4.69) is 41.8 Å². The van der Waals surface area contributed by atoms with Gasteiger partial charge in [-0.25, -0.2) is 0 Å². The van der Waals surface area contributed by atoms with Gasteiger partial charge in [-0.05, 0) is 31.7 Å². The van der Waals surface area contributed by atoms with E-state index < -0.39 is 0 Å². The summed E-state index contributed by atoms with van der Waals surface area (Å²) >= 11 is 0. The van der Waals surface area contributed by atoms with Crippen molar-refractivity contribution in [3.63, 3.8) is 0 Å². The van der Waals surface area contributed by atoms with Gasteiger partial charge < -0.3 is 20.5 Å². The normalized spacial score (nSPS) is 20.5. The van der Waals surface area contributed by atoms with Crippen molar-refractivity contribution >= 4 is 29.9 Å². The number of aliphatic hydroxyl groups is 1. The largest absolute Gasteiger partial charge is 0.396 e. The maximum atomic E-state index is 9.29. The van der Waals surface area contributed by atoms with Crippen molar-refractivity contribution < 1.29 is 9.84 Å². The van der Waals surface area contributed by atoms with Gasteiger partial charge in [0.05, 0.1) is 13.2 Å². The zero-order valence-corrected chi connectivity index (χ0v) is 16.8. The molecule has 1 fully saturated rings. The molecular weight excluding hydrogens is 417 g/mol. The first-order valence-electron chi connectivity index (χ1n) is 8.53. The van der Waals surface area contributed by atoms with Gasteiger partial charge in [0.1, 0.15) is 0 Å². The molecule has 1 aliphatic heterocycles. The lowest BCUT2D eigenvalue weighted by Crippen LogP contribution is -2.39.